The summed E-state index contributed by atoms with van der Waals surface area (Å²) in [5.74, 6) is -2.17. The number of hydrogen-bond acceptors (Lipinski definition) is 4. The van der Waals surface area contributed by atoms with E-state index < -0.39 is 17.8 Å². The van der Waals surface area contributed by atoms with E-state index in [-0.39, 0.29) is 5.91 Å². The molecule has 3 rings (SSSR count). The first kappa shape index (κ1) is 18.6. The Labute approximate surface area is 157 Å². The molecule has 1 amide bonds. The van der Waals surface area contributed by atoms with Crippen LogP contribution in [0, 0.1) is 32.6 Å². The summed E-state index contributed by atoms with van der Waals surface area (Å²) in [6.07, 6.45) is 2.95. The Balaban J connectivity index is 1.79. The largest absolute Gasteiger partial charge is 0.481 e. The van der Waals surface area contributed by atoms with Gasteiger partial charge in [-0.25, -0.2) is 4.98 Å². The van der Waals surface area contributed by atoms with Crippen molar-refractivity contribution in [2.75, 3.05) is 5.32 Å². The number of carboxylic acids is 1. The van der Waals surface area contributed by atoms with Crippen LogP contribution in [-0.2, 0) is 9.59 Å². The molecule has 1 saturated carbocycles. The minimum atomic E-state index is -0.879. The van der Waals surface area contributed by atoms with Crippen LogP contribution in [-0.4, -0.2) is 22.0 Å². The van der Waals surface area contributed by atoms with Gasteiger partial charge in [-0.3, -0.25) is 9.59 Å². The van der Waals surface area contributed by atoms with Crippen LogP contribution in [0.1, 0.15) is 41.7 Å². The molecule has 1 aliphatic rings. The normalized spacial score (nSPS) is 20.0. The molecule has 1 fully saturated rings. The molecule has 6 heteroatoms. The van der Waals surface area contributed by atoms with E-state index in [1.165, 1.54) is 22.5 Å². The van der Waals surface area contributed by atoms with Gasteiger partial charge in [-0.15, -0.1) is 11.3 Å². The molecule has 5 nitrogen and oxygen atoms in total. The zero-order valence-electron chi connectivity index (χ0n) is 15.3. The van der Waals surface area contributed by atoms with Gasteiger partial charge in [0.05, 0.1) is 17.5 Å². The molecule has 0 bridgehead atoms. The van der Waals surface area contributed by atoms with E-state index >= 15 is 0 Å². The third-order valence-electron chi connectivity index (χ3n) is 5.23. The van der Waals surface area contributed by atoms with E-state index in [2.05, 4.69) is 36.3 Å². The number of carboxylic acid groups (broad SMARTS) is 1. The molecule has 1 aromatic heterocycles. The van der Waals surface area contributed by atoms with Gasteiger partial charge in [0.2, 0.25) is 5.91 Å². The number of carbonyl (C=O) groups excluding carboxylic acids is 1. The smallest absolute Gasteiger partial charge is 0.307 e. The number of rotatable bonds is 4. The van der Waals surface area contributed by atoms with Crippen LogP contribution in [0.3, 0.4) is 0 Å². The van der Waals surface area contributed by atoms with E-state index in [0.29, 0.717) is 18.0 Å². The van der Waals surface area contributed by atoms with Gasteiger partial charge in [0.1, 0.15) is 0 Å². The first-order valence-corrected chi connectivity index (χ1v) is 9.77. The molecule has 0 saturated heterocycles. The minimum absolute atomic E-state index is 0.225. The quantitative estimate of drug-likeness (QED) is 0.824. The fourth-order valence-electron chi connectivity index (χ4n) is 3.54. The summed E-state index contributed by atoms with van der Waals surface area (Å²) in [4.78, 5) is 29.7. The number of aryl methyl sites for hydroxylation is 3. The average Bonchev–Trinajstić information content (AvgIpc) is 2.97. The number of aliphatic carboxylic acids is 1. The maximum Gasteiger partial charge on any atom is 0.307 e. The Kier molecular flexibility index (Phi) is 5.41. The van der Waals surface area contributed by atoms with E-state index in [9.17, 15) is 14.7 Å². The number of hydrogen-bond donors (Lipinski definition) is 2. The summed E-state index contributed by atoms with van der Waals surface area (Å²) >= 11 is 1.43. The molecule has 2 N–H and O–H groups in total. The van der Waals surface area contributed by atoms with Gasteiger partial charge in [-0.05, 0) is 50.8 Å². The Morgan fingerprint density at radius 2 is 1.81 bits per heavy atom. The predicted molar refractivity (Wildman–Crippen MR) is 103 cm³/mol. The summed E-state index contributed by atoms with van der Waals surface area (Å²) in [6.45, 7) is 6.12. The zero-order chi connectivity index (χ0) is 18.8. The van der Waals surface area contributed by atoms with E-state index in [1.807, 2.05) is 13.0 Å². The fraction of sp³-hybridized carbons (Fsp3) is 0.450. The van der Waals surface area contributed by atoms with Crippen molar-refractivity contribution < 1.29 is 14.7 Å². The van der Waals surface area contributed by atoms with Crippen molar-refractivity contribution in [3.8, 4) is 11.3 Å². The third kappa shape index (κ3) is 3.80. The Bertz CT molecular complexity index is 844. The monoisotopic (exact) mass is 372 g/mol. The van der Waals surface area contributed by atoms with Gasteiger partial charge in [-0.1, -0.05) is 25.0 Å². The van der Waals surface area contributed by atoms with Gasteiger partial charge in [-0.2, -0.15) is 0 Å². The SMILES string of the molecule is Cc1ccc(-c2nc(NC(=O)[C@@H]3CCCC[C@@H]3C(=O)O)sc2C)cc1C. The van der Waals surface area contributed by atoms with E-state index in [0.717, 1.165) is 29.0 Å². The van der Waals surface area contributed by atoms with Crippen molar-refractivity contribution in [2.45, 2.75) is 46.5 Å². The third-order valence-corrected chi connectivity index (χ3v) is 6.11. The van der Waals surface area contributed by atoms with Crippen LogP contribution >= 0.6 is 11.3 Å². The highest BCUT2D eigenvalue weighted by Crippen LogP contribution is 2.34. The molecular weight excluding hydrogens is 348 g/mol. The van der Waals surface area contributed by atoms with Crippen LogP contribution in [0.4, 0.5) is 5.13 Å². The molecule has 0 aliphatic heterocycles. The van der Waals surface area contributed by atoms with Gasteiger partial charge in [0, 0.05) is 10.4 Å². The lowest BCUT2D eigenvalue weighted by atomic mass is 9.79. The lowest BCUT2D eigenvalue weighted by Crippen LogP contribution is -2.36. The lowest BCUT2D eigenvalue weighted by Gasteiger charge is -2.26. The summed E-state index contributed by atoms with van der Waals surface area (Å²) in [7, 11) is 0. The van der Waals surface area contributed by atoms with Gasteiger partial charge >= 0.3 is 5.97 Å². The fourth-order valence-corrected chi connectivity index (χ4v) is 4.38. The van der Waals surface area contributed by atoms with Crippen molar-refractivity contribution >= 4 is 28.3 Å². The van der Waals surface area contributed by atoms with Crippen molar-refractivity contribution in [2.24, 2.45) is 11.8 Å². The van der Waals surface area contributed by atoms with Crippen molar-refractivity contribution in [1.82, 2.24) is 4.98 Å². The number of nitrogens with zero attached hydrogens (tertiary/aromatic N) is 1. The molecule has 2 aromatic rings. The second kappa shape index (κ2) is 7.58. The topological polar surface area (TPSA) is 79.3 Å². The highest BCUT2D eigenvalue weighted by atomic mass is 32.1. The number of thiazole rings is 1. The standard InChI is InChI=1S/C20H24N2O3S/c1-11-8-9-14(10-12(11)2)17-13(3)26-20(21-17)22-18(23)15-6-4-5-7-16(15)19(24)25/h8-10,15-16H,4-7H2,1-3H3,(H,24,25)(H,21,22,23)/t15-,16+/m1/s1. The highest BCUT2D eigenvalue weighted by Gasteiger charge is 2.36. The van der Waals surface area contributed by atoms with Crippen molar-refractivity contribution in [3.05, 3.63) is 34.2 Å². The maximum absolute atomic E-state index is 12.6. The molecule has 26 heavy (non-hydrogen) atoms. The predicted octanol–water partition coefficient (Wildman–Crippen LogP) is 4.56. The van der Waals surface area contributed by atoms with Crippen LogP contribution in [0.5, 0.6) is 0 Å². The summed E-state index contributed by atoms with van der Waals surface area (Å²) < 4.78 is 0. The summed E-state index contributed by atoms with van der Waals surface area (Å²) in [5, 5.41) is 12.8. The molecule has 0 radical (unpaired) electrons. The van der Waals surface area contributed by atoms with Crippen LogP contribution in [0.25, 0.3) is 11.3 Å². The van der Waals surface area contributed by atoms with Gasteiger partial charge < -0.3 is 10.4 Å². The zero-order valence-corrected chi connectivity index (χ0v) is 16.2. The molecule has 0 unspecified atom stereocenters. The highest BCUT2D eigenvalue weighted by molar-refractivity contribution is 7.16. The maximum atomic E-state index is 12.6. The van der Waals surface area contributed by atoms with Gasteiger partial charge in [0.15, 0.2) is 5.13 Å². The second-order valence-electron chi connectivity index (χ2n) is 7.05. The number of amides is 1. The molecule has 1 aliphatic carbocycles. The number of benzene rings is 1. The molecule has 138 valence electrons. The molecule has 1 heterocycles. The summed E-state index contributed by atoms with van der Waals surface area (Å²) in [5.41, 5.74) is 4.33. The van der Waals surface area contributed by atoms with Crippen LogP contribution in [0.15, 0.2) is 18.2 Å². The molecular formula is C20H24N2O3S. The van der Waals surface area contributed by atoms with Gasteiger partial charge in [0.25, 0.3) is 0 Å². The van der Waals surface area contributed by atoms with E-state index in [1.54, 1.807) is 0 Å². The number of anilines is 1. The minimum Gasteiger partial charge on any atom is -0.481 e. The van der Waals surface area contributed by atoms with Crippen LogP contribution < -0.4 is 5.32 Å². The Morgan fingerprint density at radius 1 is 1.12 bits per heavy atom. The van der Waals surface area contributed by atoms with E-state index in [4.69, 9.17) is 0 Å². The number of nitrogens with one attached hydrogen (secondary N) is 1. The lowest BCUT2D eigenvalue weighted by molar-refractivity contribution is -0.147. The van der Waals surface area contributed by atoms with Crippen molar-refractivity contribution in [1.29, 1.82) is 0 Å². The second-order valence-corrected chi connectivity index (χ2v) is 8.25. The van der Waals surface area contributed by atoms with Crippen molar-refractivity contribution in [3.63, 3.8) is 0 Å². The molecule has 0 spiro atoms. The molecule has 1 aromatic carbocycles. The summed E-state index contributed by atoms with van der Waals surface area (Å²) in [6, 6.07) is 6.21. The first-order chi connectivity index (χ1) is 12.4. The Hall–Kier alpha value is -2.21. The van der Waals surface area contributed by atoms with Crippen LogP contribution in [0.2, 0.25) is 0 Å². The number of aromatic nitrogens is 1. The molecule has 2 atom stereocenters. The Morgan fingerprint density at radius 3 is 2.46 bits per heavy atom. The number of carbonyl (C=O) groups is 2. The average molecular weight is 372 g/mol. The first-order valence-electron chi connectivity index (χ1n) is 8.95.